The third-order valence-corrected chi connectivity index (χ3v) is 1.18. The van der Waals surface area contributed by atoms with Crippen molar-refractivity contribution >= 4 is 17.9 Å². The van der Waals surface area contributed by atoms with E-state index in [1.165, 1.54) is 0 Å². The highest BCUT2D eigenvalue weighted by Gasteiger charge is 2.02. The van der Waals surface area contributed by atoms with Gasteiger partial charge in [-0.05, 0) is 0 Å². The Bertz CT molecular complexity index is 149. The van der Waals surface area contributed by atoms with Gasteiger partial charge in [-0.15, -0.1) is 0 Å². The summed E-state index contributed by atoms with van der Waals surface area (Å²) in [5.41, 5.74) is 0. The maximum Gasteiger partial charge on any atom is 0.195 e. The first-order valence-electron chi connectivity index (χ1n) is 3.20. The lowest BCUT2D eigenvalue weighted by atomic mass is 10.1. The fourth-order valence-corrected chi connectivity index (χ4v) is 0.498. The number of Topliss-reactive ketones (excluding diaryl/α,β-unsaturated/α-hetero) is 2. The maximum absolute atomic E-state index is 10.6. The number of hydrogen-bond donors (Lipinski definition) is 0. The van der Waals surface area contributed by atoms with Crippen LogP contribution in [0.4, 0.5) is 0 Å². The van der Waals surface area contributed by atoms with Crippen molar-refractivity contribution in [1.29, 1.82) is 0 Å². The zero-order valence-electron chi connectivity index (χ0n) is 5.92. The van der Waals surface area contributed by atoms with Crippen LogP contribution in [0.2, 0.25) is 0 Å². The summed E-state index contributed by atoms with van der Waals surface area (Å²) in [5.74, 6) is -0.475. The van der Waals surface area contributed by atoms with Gasteiger partial charge in [0.2, 0.25) is 0 Å². The summed E-state index contributed by atoms with van der Waals surface area (Å²) < 4.78 is 0. The summed E-state index contributed by atoms with van der Waals surface area (Å²) in [5, 5.41) is 0. The maximum atomic E-state index is 10.6. The van der Waals surface area contributed by atoms with Gasteiger partial charge >= 0.3 is 0 Å². The van der Waals surface area contributed by atoms with Crippen LogP contribution in [0.15, 0.2) is 0 Å². The van der Waals surface area contributed by atoms with Gasteiger partial charge in [-0.3, -0.25) is 14.4 Å². The van der Waals surface area contributed by atoms with Gasteiger partial charge in [-0.2, -0.15) is 0 Å². The molecule has 0 aromatic rings. The summed E-state index contributed by atoms with van der Waals surface area (Å²) in [7, 11) is 0. The first-order valence-corrected chi connectivity index (χ1v) is 3.20. The molecule has 0 bridgehead atoms. The molecule has 0 amide bonds. The second kappa shape index (κ2) is 4.85. The van der Waals surface area contributed by atoms with Crippen LogP contribution in [0.1, 0.15) is 26.2 Å². The van der Waals surface area contributed by atoms with Gasteiger partial charge in [-0.25, -0.2) is 0 Å². The van der Waals surface area contributed by atoms with E-state index in [2.05, 4.69) is 0 Å². The lowest BCUT2D eigenvalue weighted by molar-refractivity contribution is -0.131. The number of aldehydes is 1. The smallest absolute Gasteiger partial charge is 0.195 e. The molecular weight excluding hydrogens is 132 g/mol. The summed E-state index contributed by atoms with van der Waals surface area (Å²) >= 11 is 0. The summed E-state index contributed by atoms with van der Waals surface area (Å²) in [6.45, 7) is 1.73. The number of carbonyl (C=O) groups excluding carboxylic acids is 3. The Balaban J connectivity index is 3.44. The van der Waals surface area contributed by atoms with Gasteiger partial charge < -0.3 is 0 Å². The zero-order chi connectivity index (χ0) is 7.98. The monoisotopic (exact) mass is 142 g/mol. The molecule has 0 aromatic heterocycles. The van der Waals surface area contributed by atoms with Crippen LogP contribution in [0.25, 0.3) is 0 Å². The number of ketones is 2. The molecule has 3 nitrogen and oxygen atoms in total. The van der Waals surface area contributed by atoms with Gasteiger partial charge in [-0.1, -0.05) is 6.92 Å². The van der Waals surface area contributed by atoms with E-state index >= 15 is 0 Å². The van der Waals surface area contributed by atoms with Gasteiger partial charge in [0.15, 0.2) is 12.1 Å². The fraction of sp³-hybridized carbons (Fsp3) is 0.571. The molecule has 10 heavy (non-hydrogen) atoms. The standard InChI is InChI=1S/C7H10O3/c1-2-6(9)3-4-7(10)5-8/h5H,2-4H2,1H3. The van der Waals surface area contributed by atoms with E-state index < -0.39 is 5.78 Å². The Morgan fingerprint density at radius 1 is 1.30 bits per heavy atom. The van der Waals surface area contributed by atoms with E-state index in [9.17, 15) is 14.4 Å². The van der Waals surface area contributed by atoms with Crippen molar-refractivity contribution in [2.75, 3.05) is 0 Å². The molecule has 0 rings (SSSR count). The molecule has 0 spiro atoms. The second-order valence-corrected chi connectivity index (χ2v) is 1.98. The first kappa shape index (κ1) is 9.01. The van der Waals surface area contributed by atoms with Crippen LogP contribution in [0.3, 0.4) is 0 Å². The topological polar surface area (TPSA) is 51.2 Å². The van der Waals surface area contributed by atoms with Crippen LogP contribution in [0.5, 0.6) is 0 Å². The van der Waals surface area contributed by atoms with Crippen LogP contribution in [-0.4, -0.2) is 17.9 Å². The van der Waals surface area contributed by atoms with Crippen molar-refractivity contribution in [2.45, 2.75) is 26.2 Å². The normalized spacial score (nSPS) is 8.90. The van der Waals surface area contributed by atoms with E-state index in [0.717, 1.165) is 0 Å². The van der Waals surface area contributed by atoms with Crippen LogP contribution < -0.4 is 0 Å². The largest absolute Gasteiger partial charge is 0.300 e. The molecule has 0 saturated heterocycles. The first-order chi connectivity index (χ1) is 4.70. The Labute approximate surface area is 59.4 Å². The Morgan fingerprint density at radius 3 is 2.30 bits per heavy atom. The van der Waals surface area contributed by atoms with Crippen molar-refractivity contribution in [2.24, 2.45) is 0 Å². The van der Waals surface area contributed by atoms with E-state index in [4.69, 9.17) is 0 Å². The average Bonchev–Trinajstić information content (AvgIpc) is 1.99. The molecule has 0 aliphatic heterocycles. The number of rotatable bonds is 5. The average molecular weight is 142 g/mol. The molecule has 0 fully saturated rings. The van der Waals surface area contributed by atoms with Crippen molar-refractivity contribution in [3.63, 3.8) is 0 Å². The SMILES string of the molecule is CCC(=O)CCC(=O)C=O. The highest BCUT2D eigenvalue weighted by Crippen LogP contribution is 1.93. The van der Waals surface area contributed by atoms with Crippen molar-refractivity contribution in [3.8, 4) is 0 Å². The molecule has 0 aliphatic carbocycles. The fourth-order valence-electron chi connectivity index (χ4n) is 0.498. The van der Waals surface area contributed by atoms with Gasteiger partial charge in [0.25, 0.3) is 0 Å². The molecule has 0 N–H and O–H groups in total. The Morgan fingerprint density at radius 2 is 1.90 bits per heavy atom. The minimum absolute atomic E-state index is 0.0233. The highest BCUT2D eigenvalue weighted by atomic mass is 16.2. The molecule has 0 radical (unpaired) electrons. The van der Waals surface area contributed by atoms with Crippen molar-refractivity contribution < 1.29 is 14.4 Å². The zero-order valence-corrected chi connectivity index (χ0v) is 5.92. The lowest BCUT2D eigenvalue weighted by Crippen LogP contribution is -2.03. The minimum Gasteiger partial charge on any atom is -0.300 e. The Kier molecular flexibility index (Phi) is 4.37. The molecule has 56 valence electrons. The second-order valence-electron chi connectivity index (χ2n) is 1.98. The van der Waals surface area contributed by atoms with Crippen LogP contribution >= 0.6 is 0 Å². The third-order valence-electron chi connectivity index (χ3n) is 1.18. The number of hydrogen-bond acceptors (Lipinski definition) is 3. The van der Waals surface area contributed by atoms with Gasteiger partial charge in [0, 0.05) is 19.3 Å². The van der Waals surface area contributed by atoms with Gasteiger partial charge in [0.1, 0.15) is 5.78 Å². The van der Waals surface area contributed by atoms with E-state index in [-0.39, 0.29) is 24.9 Å². The van der Waals surface area contributed by atoms with Gasteiger partial charge in [0.05, 0.1) is 0 Å². The molecular formula is C7H10O3. The predicted molar refractivity (Wildman–Crippen MR) is 35.6 cm³/mol. The van der Waals surface area contributed by atoms with E-state index in [0.29, 0.717) is 6.42 Å². The van der Waals surface area contributed by atoms with Crippen molar-refractivity contribution in [3.05, 3.63) is 0 Å². The van der Waals surface area contributed by atoms with E-state index in [1.54, 1.807) is 6.92 Å². The molecule has 0 unspecified atom stereocenters. The summed E-state index contributed by atoms with van der Waals surface area (Å²) in [6, 6.07) is 0. The minimum atomic E-state index is -0.498. The van der Waals surface area contributed by atoms with Crippen LogP contribution in [0, 0.1) is 0 Å². The van der Waals surface area contributed by atoms with Crippen LogP contribution in [-0.2, 0) is 14.4 Å². The molecule has 0 atom stereocenters. The molecule has 0 saturated carbocycles. The Hall–Kier alpha value is -0.990. The number of carbonyl (C=O) groups is 3. The molecule has 3 heteroatoms. The van der Waals surface area contributed by atoms with E-state index in [1.807, 2.05) is 0 Å². The summed E-state index contributed by atoms with van der Waals surface area (Å²) in [6.07, 6.45) is 0.958. The predicted octanol–water partition coefficient (Wildman–Crippen LogP) is 0.514. The molecule has 0 aliphatic rings. The quantitative estimate of drug-likeness (QED) is 0.415. The molecule has 0 heterocycles. The summed E-state index contributed by atoms with van der Waals surface area (Å²) in [4.78, 5) is 30.6. The third kappa shape index (κ3) is 3.95. The lowest BCUT2D eigenvalue weighted by Gasteiger charge is -1.90. The van der Waals surface area contributed by atoms with Crippen molar-refractivity contribution in [1.82, 2.24) is 0 Å². The molecule has 0 aromatic carbocycles. The highest BCUT2D eigenvalue weighted by molar-refractivity contribution is 6.25.